The van der Waals surface area contributed by atoms with Crippen molar-refractivity contribution in [2.45, 2.75) is 57.7 Å². The van der Waals surface area contributed by atoms with E-state index in [1.165, 1.54) is 12.8 Å². The van der Waals surface area contributed by atoms with Crippen LogP contribution in [0.3, 0.4) is 0 Å². The number of ether oxygens (including phenoxy) is 1. The molecule has 7 heteroatoms. The summed E-state index contributed by atoms with van der Waals surface area (Å²) < 4.78 is 34.5. The first-order chi connectivity index (χ1) is 10.5. The summed E-state index contributed by atoms with van der Waals surface area (Å²) in [7, 11) is -3.35. The monoisotopic (exact) mass is 331 g/mol. The summed E-state index contributed by atoms with van der Waals surface area (Å²) in [5.74, 6) is 0.873. The van der Waals surface area contributed by atoms with E-state index in [4.69, 9.17) is 4.74 Å². The topological polar surface area (TPSA) is 61.9 Å². The molecular formula is C15H29N3O3S. The molecule has 0 aromatic rings. The van der Waals surface area contributed by atoms with Gasteiger partial charge in [0.15, 0.2) is 0 Å². The molecule has 3 fully saturated rings. The van der Waals surface area contributed by atoms with Gasteiger partial charge in [0, 0.05) is 31.7 Å². The molecule has 2 unspecified atom stereocenters. The molecule has 2 heterocycles. The Morgan fingerprint density at radius 3 is 2.45 bits per heavy atom. The van der Waals surface area contributed by atoms with E-state index >= 15 is 0 Å². The van der Waals surface area contributed by atoms with Gasteiger partial charge in [-0.3, -0.25) is 0 Å². The first-order valence-electron chi connectivity index (χ1n) is 8.58. The Hall–Kier alpha value is -0.210. The molecule has 3 rings (SSSR count). The number of morpholine rings is 1. The van der Waals surface area contributed by atoms with E-state index < -0.39 is 10.2 Å². The summed E-state index contributed by atoms with van der Waals surface area (Å²) in [5.41, 5.74) is 0. The number of nitrogens with one attached hydrogen (secondary N) is 1. The van der Waals surface area contributed by atoms with Gasteiger partial charge in [-0.05, 0) is 52.0 Å². The highest BCUT2D eigenvalue weighted by atomic mass is 32.2. The van der Waals surface area contributed by atoms with Crippen LogP contribution < -0.4 is 5.32 Å². The molecule has 1 saturated carbocycles. The van der Waals surface area contributed by atoms with Crippen LogP contribution in [-0.2, 0) is 14.9 Å². The van der Waals surface area contributed by atoms with Crippen LogP contribution in [0.5, 0.6) is 0 Å². The summed E-state index contributed by atoms with van der Waals surface area (Å²) in [4.78, 5) is 0. The Kier molecular flexibility index (Phi) is 5.09. The van der Waals surface area contributed by atoms with Gasteiger partial charge in [0.05, 0.1) is 12.7 Å². The third-order valence-corrected chi connectivity index (χ3v) is 7.14. The van der Waals surface area contributed by atoms with E-state index in [9.17, 15) is 8.42 Å². The maximum absolute atomic E-state index is 12.9. The quantitative estimate of drug-likeness (QED) is 0.810. The van der Waals surface area contributed by atoms with Crippen molar-refractivity contribution in [2.75, 3.05) is 32.8 Å². The summed E-state index contributed by atoms with van der Waals surface area (Å²) in [5, 5.41) is 3.60. The lowest BCUT2D eigenvalue weighted by molar-refractivity contribution is -0.0193. The first kappa shape index (κ1) is 16.6. The largest absolute Gasteiger partial charge is 0.375 e. The molecule has 0 radical (unpaired) electrons. The van der Waals surface area contributed by atoms with Crippen molar-refractivity contribution < 1.29 is 13.2 Å². The second-order valence-corrected chi connectivity index (χ2v) is 8.98. The second-order valence-electron chi connectivity index (χ2n) is 7.10. The summed E-state index contributed by atoms with van der Waals surface area (Å²) in [6, 6.07) is 0.403. The molecule has 2 saturated heterocycles. The van der Waals surface area contributed by atoms with Gasteiger partial charge < -0.3 is 10.1 Å². The molecule has 2 atom stereocenters. The van der Waals surface area contributed by atoms with Crippen LogP contribution >= 0.6 is 0 Å². The number of piperidine rings is 1. The lowest BCUT2D eigenvalue weighted by atomic mass is 10.1. The molecule has 1 N–H and O–H groups in total. The second kappa shape index (κ2) is 6.73. The van der Waals surface area contributed by atoms with Crippen molar-refractivity contribution in [3.05, 3.63) is 0 Å². The van der Waals surface area contributed by atoms with Gasteiger partial charge in [-0.15, -0.1) is 0 Å². The van der Waals surface area contributed by atoms with Crippen LogP contribution in [0, 0.1) is 5.92 Å². The van der Waals surface area contributed by atoms with Crippen LogP contribution in [-0.4, -0.2) is 68.0 Å². The Labute approximate surface area is 134 Å². The van der Waals surface area contributed by atoms with Crippen molar-refractivity contribution in [1.29, 1.82) is 0 Å². The summed E-state index contributed by atoms with van der Waals surface area (Å²) in [6.45, 7) is 7.17. The lowest BCUT2D eigenvalue weighted by Crippen LogP contribution is -2.57. The van der Waals surface area contributed by atoms with E-state index in [1.54, 1.807) is 8.61 Å². The van der Waals surface area contributed by atoms with Crippen molar-refractivity contribution >= 4 is 10.2 Å². The normalized spacial score (nSPS) is 33.2. The Morgan fingerprint density at radius 2 is 1.82 bits per heavy atom. The van der Waals surface area contributed by atoms with Crippen LogP contribution in [0.2, 0.25) is 0 Å². The van der Waals surface area contributed by atoms with E-state index in [2.05, 4.69) is 5.32 Å². The molecule has 2 aliphatic heterocycles. The number of hydrogen-bond acceptors (Lipinski definition) is 4. The van der Waals surface area contributed by atoms with Gasteiger partial charge >= 0.3 is 0 Å². The maximum atomic E-state index is 12.9. The molecule has 0 bridgehead atoms. The fraction of sp³-hybridized carbons (Fsp3) is 1.00. The fourth-order valence-corrected chi connectivity index (χ4v) is 5.17. The SMILES string of the molecule is CC1CN(S(=O)(=O)N2CCC(NCC3CC3)CC2)C(C)CO1. The number of nitrogens with zero attached hydrogens (tertiary/aromatic N) is 2. The Balaban J connectivity index is 1.54. The molecule has 128 valence electrons. The lowest BCUT2D eigenvalue weighted by Gasteiger charge is -2.40. The first-order valence-corrected chi connectivity index (χ1v) is 9.98. The van der Waals surface area contributed by atoms with Crippen molar-refractivity contribution in [2.24, 2.45) is 5.92 Å². The van der Waals surface area contributed by atoms with E-state index in [-0.39, 0.29) is 12.1 Å². The van der Waals surface area contributed by atoms with Gasteiger partial charge in [0.2, 0.25) is 0 Å². The van der Waals surface area contributed by atoms with Crippen molar-refractivity contribution in [3.63, 3.8) is 0 Å². The van der Waals surface area contributed by atoms with Gasteiger partial charge in [-0.1, -0.05) is 0 Å². The zero-order valence-electron chi connectivity index (χ0n) is 13.7. The molecule has 3 aliphatic rings. The minimum absolute atomic E-state index is 0.0243. The molecule has 22 heavy (non-hydrogen) atoms. The molecule has 0 aromatic carbocycles. The highest BCUT2D eigenvalue weighted by Gasteiger charge is 2.38. The standard InChI is InChI=1S/C15H29N3O3S/c1-12-11-21-13(2)10-18(12)22(19,20)17-7-5-15(6-8-17)16-9-14-3-4-14/h12-16H,3-11H2,1-2H3. The molecule has 0 spiro atoms. The molecule has 1 aliphatic carbocycles. The zero-order valence-corrected chi connectivity index (χ0v) is 14.5. The van der Waals surface area contributed by atoms with Crippen LogP contribution in [0.4, 0.5) is 0 Å². The van der Waals surface area contributed by atoms with Crippen molar-refractivity contribution in [3.8, 4) is 0 Å². The van der Waals surface area contributed by atoms with Crippen LogP contribution in [0.1, 0.15) is 39.5 Å². The third-order valence-electron chi connectivity index (χ3n) is 5.02. The van der Waals surface area contributed by atoms with Gasteiger partial charge in [-0.25, -0.2) is 0 Å². The summed E-state index contributed by atoms with van der Waals surface area (Å²) >= 11 is 0. The Morgan fingerprint density at radius 1 is 1.14 bits per heavy atom. The van der Waals surface area contributed by atoms with E-state index in [1.807, 2.05) is 13.8 Å². The van der Waals surface area contributed by atoms with Crippen LogP contribution in [0.15, 0.2) is 0 Å². The minimum atomic E-state index is -3.35. The van der Waals surface area contributed by atoms with Crippen LogP contribution in [0.25, 0.3) is 0 Å². The average Bonchev–Trinajstić information content (AvgIpc) is 3.32. The predicted octanol–water partition coefficient (Wildman–Crippen LogP) is 0.804. The van der Waals surface area contributed by atoms with Gasteiger partial charge in [0.1, 0.15) is 0 Å². The smallest absolute Gasteiger partial charge is 0.282 e. The third kappa shape index (κ3) is 3.82. The molecule has 0 aromatic heterocycles. The maximum Gasteiger partial charge on any atom is 0.282 e. The molecule has 0 amide bonds. The highest BCUT2D eigenvalue weighted by Crippen LogP contribution is 2.28. The average molecular weight is 331 g/mol. The highest BCUT2D eigenvalue weighted by molar-refractivity contribution is 7.86. The van der Waals surface area contributed by atoms with E-state index in [0.717, 1.165) is 25.3 Å². The van der Waals surface area contributed by atoms with Crippen molar-refractivity contribution in [1.82, 2.24) is 13.9 Å². The van der Waals surface area contributed by atoms with Gasteiger partial charge in [0.25, 0.3) is 10.2 Å². The molecular weight excluding hydrogens is 302 g/mol. The zero-order chi connectivity index (χ0) is 15.7. The summed E-state index contributed by atoms with van der Waals surface area (Å²) in [6.07, 6.45) is 4.52. The van der Waals surface area contributed by atoms with Gasteiger partial charge in [-0.2, -0.15) is 17.0 Å². The number of hydrogen-bond donors (Lipinski definition) is 1. The molecule has 6 nitrogen and oxygen atoms in total. The predicted molar refractivity (Wildman–Crippen MR) is 85.8 cm³/mol. The Bertz CT molecular complexity index is 472. The van der Waals surface area contributed by atoms with E-state index in [0.29, 0.717) is 32.3 Å². The fourth-order valence-electron chi connectivity index (χ4n) is 3.29. The minimum Gasteiger partial charge on any atom is -0.375 e. The number of rotatable bonds is 5.